The van der Waals surface area contributed by atoms with E-state index in [1.807, 2.05) is 14.1 Å². The van der Waals surface area contributed by atoms with Gasteiger partial charge in [0.15, 0.2) is 11.9 Å². The molecule has 0 aromatic rings. The van der Waals surface area contributed by atoms with Crippen molar-refractivity contribution in [2.45, 2.75) is 19.8 Å². The van der Waals surface area contributed by atoms with Gasteiger partial charge in [0, 0.05) is 61.9 Å². The van der Waals surface area contributed by atoms with Crippen LogP contribution in [0.3, 0.4) is 0 Å². The van der Waals surface area contributed by atoms with Crippen LogP contribution in [-0.4, -0.2) is 88.5 Å². The van der Waals surface area contributed by atoms with Crippen molar-refractivity contribution in [2.75, 3.05) is 61.9 Å². The highest BCUT2D eigenvalue weighted by molar-refractivity contribution is 5.80. The first-order valence-electron chi connectivity index (χ1n) is 7.26. The summed E-state index contributed by atoms with van der Waals surface area (Å²) in [7, 11) is 11.8. The molecule has 0 saturated heterocycles. The molecular formula is C14H32N6. The first-order valence-corrected chi connectivity index (χ1v) is 7.26. The van der Waals surface area contributed by atoms with Crippen LogP contribution in [0.4, 0.5) is 0 Å². The van der Waals surface area contributed by atoms with Crippen molar-refractivity contribution < 1.29 is 0 Å². The molecule has 118 valence electrons. The topological polar surface area (TPSA) is 46.5 Å². The number of rotatable bonds is 6. The average Bonchev–Trinajstić information content (AvgIpc) is 2.41. The van der Waals surface area contributed by atoms with E-state index < -0.39 is 0 Å². The highest BCUT2D eigenvalue weighted by atomic mass is 15.4. The zero-order valence-electron chi connectivity index (χ0n) is 14.3. The minimum atomic E-state index is 0.917. The molecule has 6 nitrogen and oxygen atoms in total. The zero-order chi connectivity index (χ0) is 15.5. The summed E-state index contributed by atoms with van der Waals surface area (Å²) < 4.78 is 0. The largest absolute Gasteiger partial charge is 0.359 e. The van der Waals surface area contributed by atoms with Gasteiger partial charge < -0.3 is 20.0 Å². The predicted octanol–water partition coefficient (Wildman–Crippen LogP) is 0.773. The molecule has 0 aliphatic heterocycles. The maximum absolute atomic E-state index is 4.39. The number of nitrogens with zero attached hydrogens (tertiary/aromatic N) is 5. The number of hydrogen-bond donors (Lipinski definition) is 1. The second kappa shape index (κ2) is 10.3. The molecule has 0 atom stereocenters. The Balaban J connectivity index is 4.24. The van der Waals surface area contributed by atoms with Crippen LogP contribution >= 0.6 is 0 Å². The second-order valence-corrected chi connectivity index (χ2v) is 4.94. The first-order chi connectivity index (χ1) is 9.51. The van der Waals surface area contributed by atoms with Crippen LogP contribution in [0.5, 0.6) is 0 Å². The fourth-order valence-corrected chi connectivity index (χ4v) is 2.29. The van der Waals surface area contributed by atoms with Crippen molar-refractivity contribution in [1.82, 2.24) is 20.0 Å². The summed E-state index contributed by atoms with van der Waals surface area (Å²) in [6.07, 6.45) is 2.19. The smallest absolute Gasteiger partial charge is 0.195 e. The van der Waals surface area contributed by atoms with Crippen LogP contribution < -0.4 is 5.32 Å². The van der Waals surface area contributed by atoms with Gasteiger partial charge in [-0.1, -0.05) is 6.92 Å². The molecule has 0 bridgehead atoms. The first kappa shape index (κ1) is 18.5. The maximum atomic E-state index is 4.39. The van der Waals surface area contributed by atoms with Crippen molar-refractivity contribution >= 4 is 11.9 Å². The van der Waals surface area contributed by atoms with E-state index in [-0.39, 0.29) is 0 Å². The minimum absolute atomic E-state index is 0.917. The van der Waals surface area contributed by atoms with Crippen molar-refractivity contribution in [3.05, 3.63) is 0 Å². The van der Waals surface area contributed by atoms with Crippen LogP contribution in [0.25, 0.3) is 0 Å². The summed E-state index contributed by atoms with van der Waals surface area (Å²) in [4.78, 5) is 15.1. The summed E-state index contributed by atoms with van der Waals surface area (Å²) in [6.45, 7) is 5.16. The quantitative estimate of drug-likeness (QED) is 0.578. The zero-order valence-corrected chi connectivity index (χ0v) is 14.3. The van der Waals surface area contributed by atoms with E-state index in [9.17, 15) is 0 Å². The highest BCUT2D eigenvalue weighted by Gasteiger charge is 2.11. The van der Waals surface area contributed by atoms with E-state index >= 15 is 0 Å². The van der Waals surface area contributed by atoms with Gasteiger partial charge in [-0.3, -0.25) is 9.98 Å². The Morgan fingerprint density at radius 1 is 0.900 bits per heavy atom. The summed E-state index contributed by atoms with van der Waals surface area (Å²) in [5.74, 6) is 1.97. The molecule has 0 aromatic heterocycles. The van der Waals surface area contributed by atoms with Gasteiger partial charge in [0.1, 0.15) is 0 Å². The summed E-state index contributed by atoms with van der Waals surface area (Å²) in [5, 5.41) is 3.09. The van der Waals surface area contributed by atoms with E-state index in [0.717, 1.165) is 44.4 Å². The standard InChI is InChI=1S/C14H32N6/c1-8-10-19(6)14(17-4)20(7)12-9-11-18(5)13(15-2)16-3/h8-12H2,1-7H3,(H,15,16). The van der Waals surface area contributed by atoms with E-state index in [1.165, 1.54) is 0 Å². The molecule has 0 aliphatic rings. The lowest BCUT2D eigenvalue weighted by molar-refractivity contribution is 0.364. The molecule has 0 aliphatic carbocycles. The van der Waals surface area contributed by atoms with Gasteiger partial charge in [0.25, 0.3) is 0 Å². The second-order valence-electron chi connectivity index (χ2n) is 4.94. The molecule has 0 aromatic carbocycles. The molecule has 1 N–H and O–H groups in total. The fourth-order valence-electron chi connectivity index (χ4n) is 2.29. The van der Waals surface area contributed by atoms with Crippen LogP contribution in [0.15, 0.2) is 9.98 Å². The number of guanidine groups is 2. The van der Waals surface area contributed by atoms with E-state index in [4.69, 9.17) is 0 Å². The molecule has 0 spiro atoms. The van der Waals surface area contributed by atoms with E-state index in [2.05, 4.69) is 58.1 Å². The monoisotopic (exact) mass is 284 g/mol. The summed E-state index contributed by atoms with van der Waals surface area (Å²) in [6, 6.07) is 0. The van der Waals surface area contributed by atoms with Gasteiger partial charge in [-0.05, 0) is 12.8 Å². The number of nitrogens with one attached hydrogen (secondary N) is 1. The summed E-state index contributed by atoms with van der Waals surface area (Å²) >= 11 is 0. The lowest BCUT2D eigenvalue weighted by atomic mass is 10.3. The SMILES string of the molecule is CCCN(C)C(=NC)N(C)CCCN(C)C(=NC)NC. The third-order valence-electron chi connectivity index (χ3n) is 3.23. The fraction of sp³-hybridized carbons (Fsp3) is 0.857. The van der Waals surface area contributed by atoms with Gasteiger partial charge >= 0.3 is 0 Å². The van der Waals surface area contributed by atoms with Crippen molar-refractivity contribution in [2.24, 2.45) is 9.98 Å². The van der Waals surface area contributed by atoms with Crippen LogP contribution in [0, 0.1) is 0 Å². The molecule has 0 fully saturated rings. The normalized spacial score (nSPS) is 12.3. The molecule has 0 heterocycles. The lowest BCUT2D eigenvalue weighted by Gasteiger charge is -2.29. The van der Waals surface area contributed by atoms with Crippen molar-refractivity contribution in [3.63, 3.8) is 0 Å². The van der Waals surface area contributed by atoms with Crippen LogP contribution in [0.2, 0.25) is 0 Å². The van der Waals surface area contributed by atoms with Crippen molar-refractivity contribution in [1.29, 1.82) is 0 Å². The average molecular weight is 284 g/mol. The molecule has 0 saturated carbocycles. The third-order valence-corrected chi connectivity index (χ3v) is 3.23. The van der Waals surface area contributed by atoms with Crippen LogP contribution in [0.1, 0.15) is 19.8 Å². The number of hydrogen-bond acceptors (Lipinski definition) is 2. The maximum Gasteiger partial charge on any atom is 0.195 e. The molecule has 0 unspecified atom stereocenters. The van der Waals surface area contributed by atoms with Gasteiger partial charge in [-0.15, -0.1) is 0 Å². The van der Waals surface area contributed by atoms with Gasteiger partial charge in [-0.2, -0.15) is 0 Å². The molecule has 0 radical (unpaired) electrons. The Morgan fingerprint density at radius 2 is 1.45 bits per heavy atom. The highest BCUT2D eigenvalue weighted by Crippen LogP contribution is 1.99. The summed E-state index contributed by atoms with van der Waals surface area (Å²) in [5.41, 5.74) is 0. The van der Waals surface area contributed by atoms with Gasteiger partial charge in [0.2, 0.25) is 0 Å². The molecule has 6 heteroatoms. The lowest BCUT2D eigenvalue weighted by Crippen LogP contribution is -2.42. The third kappa shape index (κ3) is 6.12. The Bertz CT molecular complexity index is 313. The van der Waals surface area contributed by atoms with Crippen molar-refractivity contribution in [3.8, 4) is 0 Å². The predicted molar refractivity (Wildman–Crippen MR) is 88.6 cm³/mol. The Kier molecular flexibility index (Phi) is 9.59. The van der Waals surface area contributed by atoms with E-state index in [1.54, 1.807) is 7.05 Å². The van der Waals surface area contributed by atoms with E-state index in [0.29, 0.717) is 0 Å². The molecular weight excluding hydrogens is 252 g/mol. The Labute approximate surface area is 124 Å². The molecule has 20 heavy (non-hydrogen) atoms. The minimum Gasteiger partial charge on any atom is -0.359 e. The molecule has 0 rings (SSSR count). The molecule has 0 amide bonds. The van der Waals surface area contributed by atoms with Gasteiger partial charge in [0.05, 0.1) is 0 Å². The number of aliphatic imine (C=N–C) groups is 2. The Hall–Kier alpha value is -1.46. The van der Waals surface area contributed by atoms with Gasteiger partial charge in [-0.25, -0.2) is 0 Å². The Morgan fingerprint density at radius 3 is 1.90 bits per heavy atom. The van der Waals surface area contributed by atoms with Crippen LogP contribution in [-0.2, 0) is 0 Å².